The minimum atomic E-state index is -0.518. The average Bonchev–Trinajstić information content (AvgIpc) is 3.35. The minimum absolute atomic E-state index is 0.139. The SMILES string of the molecule is COc1ccc(C(=O)N2CCC(Cn3c(C)cnc3-c3ccccc3)C2)cc1F. The number of benzene rings is 2. The maximum Gasteiger partial charge on any atom is 0.253 e. The molecule has 2 heterocycles. The van der Waals surface area contributed by atoms with Crippen LogP contribution in [0.15, 0.2) is 54.7 Å². The van der Waals surface area contributed by atoms with E-state index in [4.69, 9.17) is 4.74 Å². The van der Waals surface area contributed by atoms with Gasteiger partial charge in [-0.15, -0.1) is 0 Å². The van der Waals surface area contributed by atoms with Crippen molar-refractivity contribution in [2.24, 2.45) is 5.92 Å². The lowest BCUT2D eigenvalue weighted by Crippen LogP contribution is -2.29. The van der Waals surface area contributed by atoms with Crippen molar-refractivity contribution in [3.05, 3.63) is 71.8 Å². The molecule has 1 fully saturated rings. The Labute approximate surface area is 169 Å². The van der Waals surface area contributed by atoms with Gasteiger partial charge >= 0.3 is 0 Å². The zero-order valence-electron chi connectivity index (χ0n) is 16.6. The van der Waals surface area contributed by atoms with Crippen molar-refractivity contribution >= 4 is 5.91 Å². The highest BCUT2D eigenvalue weighted by Crippen LogP contribution is 2.26. The van der Waals surface area contributed by atoms with E-state index in [2.05, 4.69) is 28.6 Å². The monoisotopic (exact) mass is 393 g/mol. The number of carbonyl (C=O) groups excluding carboxylic acids is 1. The van der Waals surface area contributed by atoms with Crippen molar-refractivity contribution in [3.63, 3.8) is 0 Å². The van der Waals surface area contributed by atoms with Gasteiger partial charge in [0.15, 0.2) is 11.6 Å². The number of ether oxygens (including phenoxy) is 1. The molecule has 5 nitrogen and oxygen atoms in total. The van der Waals surface area contributed by atoms with E-state index in [-0.39, 0.29) is 11.7 Å². The highest BCUT2D eigenvalue weighted by atomic mass is 19.1. The second-order valence-corrected chi connectivity index (χ2v) is 7.46. The molecule has 2 aromatic carbocycles. The van der Waals surface area contributed by atoms with Gasteiger partial charge in [0, 0.05) is 42.7 Å². The van der Waals surface area contributed by atoms with E-state index in [1.165, 1.54) is 19.2 Å². The Balaban J connectivity index is 1.47. The Bertz CT molecular complexity index is 1020. The van der Waals surface area contributed by atoms with Crippen LogP contribution in [0, 0.1) is 18.7 Å². The molecule has 1 aliphatic heterocycles. The molecule has 1 atom stereocenters. The Kier molecular flexibility index (Phi) is 5.34. The van der Waals surface area contributed by atoms with Gasteiger partial charge in [-0.25, -0.2) is 9.37 Å². The first-order valence-corrected chi connectivity index (χ1v) is 9.77. The number of methoxy groups -OCH3 is 1. The zero-order valence-corrected chi connectivity index (χ0v) is 16.6. The summed E-state index contributed by atoms with van der Waals surface area (Å²) in [6.07, 6.45) is 2.80. The summed E-state index contributed by atoms with van der Waals surface area (Å²) < 4.78 is 21.1. The fourth-order valence-electron chi connectivity index (χ4n) is 3.92. The van der Waals surface area contributed by atoms with E-state index in [0.29, 0.717) is 24.6 Å². The number of aryl methyl sites for hydroxylation is 1. The van der Waals surface area contributed by atoms with Gasteiger partial charge in [0.05, 0.1) is 7.11 Å². The number of hydrogen-bond acceptors (Lipinski definition) is 3. The van der Waals surface area contributed by atoms with E-state index in [9.17, 15) is 9.18 Å². The molecule has 1 amide bonds. The number of likely N-dealkylation sites (tertiary alicyclic amines) is 1. The highest BCUT2D eigenvalue weighted by Gasteiger charge is 2.28. The molecule has 0 spiro atoms. The maximum absolute atomic E-state index is 14.0. The lowest BCUT2D eigenvalue weighted by atomic mass is 10.1. The number of rotatable bonds is 5. The van der Waals surface area contributed by atoms with E-state index >= 15 is 0 Å². The van der Waals surface area contributed by atoms with Crippen molar-refractivity contribution in [1.29, 1.82) is 0 Å². The van der Waals surface area contributed by atoms with Gasteiger partial charge in [-0.1, -0.05) is 30.3 Å². The molecule has 1 aromatic heterocycles. The third-order valence-corrected chi connectivity index (χ3v) is 5.50. The summed E-state index contributed by atoms with van der Waals surface area (Å²) in [5.41, 5.74) is 2.54. The standard InChI is InChI=1S/C23H24FN3O2/c1-16-13-25-22(18-6-4-3-5-7-18)27(16)15-17-10-11-26(14-17)23(28)19-8-9-21(29-2)20(24)12-19/h3-9,12-13,17H,10-11,14-15H2,1-2H3. The fourth-order valence-corrected chi connectivity index (χ4v) is 3.92. The van der Waals surface area contributed by atoms with Crippen LogP contribution in [0.1, 0.15) is 22.5 Å². The van der Waals surface area contributed by atoms with Gasteiger partial charge in [0.1, 0.15) is 5.82 Å². The van der Waals surface area contributed by atoms with Gasteiger partial charge in [-0.2, -0.15) is 0 Å². The first kappa shape index (κ1) is 19.2. The third kappa shape index (κ3) is 3.88. The Morgan fingerprint density at radius 1 is 1.24 bits per heavy atom. The Morgan fingerprint density at radius 2 is 2.03 bits per heavy atom. The predicted octanol–water partition coefficient (Wildman–Crippen LogP) is 4.17. The van der Waals surface area contributed by atoms with Crippen LogP contribution in [-0.2, 0) is 6.54 Å². The molecule has 150 valence electrons. The van der Waals surface area contributed by atoms with Crippen LogP contribution in [0.4, 0.5) is 4.39 Å². The Hall–Kier alpha value is -3.15. The fraction of sp³-hybridized carbons (Fsp3) is 0.304. The summed E-state index contributed by atoms with van der Waals surface area (Å²) in [4.78, 5) is 19.2. The molecule has 1 unspecified atom stereocenters. The summed E-state index contributed by atoms with van der Waals surface area (Å²) >= 11 is 0. The third-order valence-electron chi connectivity index (χ3n) is 5.50. The van der Waals surface area contributed by atoms with Crippen LogP contribution in [-0.4, -0.2) is 40.6 Å². The summed E-state index contributed by atoms with van der Waals surface area (Å²) in [5, 5.41) is 0. The molecular formula is C23H24FN3O2. The molecule has 29 heavy (non-hydrogen) atoms. The second-order valence-electron chi connectivity index (χ2n) is 7.46. The molecule has 0 radical (unpaired) electrons. The van der Waals surface area contributed by atoms with Gasteiger partial charge in [0.25, 0.3) is 5.91 Å². The average molecular weight is 393 g/mol. The van der Waals surface area contributed by atoms with E-state index in [1.807, 2.05) is 24.4 Å². The number of aromatic nitrogens is 2. The van der Waals surface area contributed by atoms with Gasteiger partial charge < -0.3 is 14.2 Å². The first-order chi connectivity index (χ1) is 14.1. The quantitative estimate of drug-likeness (QED) is 0.654. The van der Waals surface area contributed by atoms with Crippen LogP contribution >= 0.6 is 0 Å². The van der Waals surface area contributed by atoms with Crippen LogP contribution in [0.3, 0.4) is 0 Å². The molecule has 1 saturated heterocycles. The zero-order chi connectivity index (χ0) is 20.4. The molecule has 0 aliphatic carbocycles. The van der Waals surface area contributed by atoms with E-state index < -0.39 is 5.82 Å². The largest absolute Gasteiger partial charge is 0.494 e. The van der Waals surface area contributed by atoms with Gasteiger partial charge in [-0.3, -0.25) is 4.79 Å². The molecule has 4 rings (SSSR count). The first-order valence-electron chi connectivity index (χ1n) is 9.77. The molecule has 3 aromatic rings. The van der Waals surface area contributed by atoms with Crippen LogP contribution in [0.2, 0.25) is 0 Å². The summed E-state index contributed by atoms with van der Waals surface area (Å²) in [6, 6.07) is 14.5. The molecule has 0 bridgehead atoms. The van der Waals surface area contributed by atoms with Crippen LogP contribution in [0.5, 0.6) is 5.75 Å². The van der Waals surface area contributed by atoms with Crippen molar-refractivity contribution in [2.45, 2.75) is 19.9 Å². The smallest absolute Gasteiger partial charge is 0.253 e. The topological polar surface area (TPSA) is 47.4 Å². The molecule has 6 heteroatoms. The minimum Gasteiger partial charge on any atom is -0.494 e. The van der Waals surface area contributed by atoms with Crippen molar-refractivity contribution in [2.75, 3.05) is 20.2 Å². The van der Waals surface area contributed by atoms with Gasteiger partial charge in [-0.05, 0) is 37.5 Å². The van der Waals surface area contributed by atoms with Crippen LogP contribution in [0.25, 0.3) is 11.4 Å². The van der Waals surface area contributed by atoms with Crippen molar-refractivity contribution < 1.29 is 13.9 Å². The number of halogens is 1. The Morgan fingerprint density at radius 3 is 2.76 bits per heavy atom. The number of nitrogens with zero attached hydrogens (tertiary/aromatic N) is 3. The normalized spacial score (nSPS) is 16.2. The van der Waals surface area contributed by atoms with Gasteiger partial charge in [0.2, 0.25) is 0 Å². The number of carbonyl (C=O) groups is 1. The summed E-state index contributed by atoms with van der Waals surface area (Å²) in [6.45, 7) is 4.18. The number of imidazole rings is 1. The van der Waals surface area contributed by atoms with Crippen molar-refractivity contribution in [1.82, 2.24) is 14.5 Å². The second kappa shape index (κ2) is 8.07. The summed E-state index contributed by atoms with van der Waals surface area (Å²) in [7, 11) is 1.41. The lowest BCUT2D eigenvalue weighted by molar-refractivity contribution is 0.0785. The maximum atomic E-state index is 14.0. The predicted molar refractivity (Wildman–Crippen MR) is 109 cm³/mol. The van der Waals surface area contributed by atoms with E-state index in [0.717, 1.165) is 30.0 Å². The van der Waals surface area contributed by atoms with Crippen molar-refractivity contribution in [3.8, 4) is 17.1 Å². The summed E-state index contributed by atoms with van der Waals surface area (Å²) in [5.74, 6) is 0.766. The number of amides is 1. The molecule has 0 N–H and O–H groups in total. The molecule has 0 saturated carbocycles. The molecule has 1 aliphatic rings. The molecular weight excluding hydrogens is 369 g/mol. The van der Waals surface area contributed by atoms with Crippen LogP contribution < -0.4 is 4.74 Å². The van der Waals surface area contributed by atoms with E-state index in [1.54, 1.807) is 11.0 Å². The number of hydrogen-bond donors (Lipinski definition) is 0. The lowest BCUT2D eigenvalue weighted by Gasteiger charge is -2.18. The highest BCUT2D eigenvalue weighted by molar-refractivity contribution is 5.94.